The first-order chi connectivity index (χ1) is 10.0. The fourth-order valence-corrected chi connectivity index (χ4v) is 2.54. The molecular formula is C15H21ClN2O3. The van der Waals surface area contributed by atoms with Crippen molar-refractivity contribution in [1.29, 1.82) is 0 Å². The summed E-state index contributed by atoms with van der Waals surface area (Å²) >= 11 is 6.14. The van der Waals surface area contributed by atoms with Crippen LogP contribution >= 0.6 is 11.6 Å². The van der Waals surface area contributed by atoms with Gasteiger partial charge >= 0.3 is 6.03 Å². The predicted molar refractivity (Wildman–Crippen MR) is 83.0 cm³/mol. The number of halogens is 1. The van der Waals surface area contributed by atoms with Gasteiger partial charge in [-0.15, -0.1) is 0 Å². The van der Waals surface area contributed by atoms with Crippen molar-refractivity contribution in [3.63, 3.8) is 0 Å². The van der Waals surface area contributed by atoms with E-state index < -0.39 is 0 Å². The van der Waals surface area contributed by atoms with Crippen LogP contribution < -0.4 is 10.1 Å². The Morgan fingerprint density at radius 3 is 2.95 bits per heavy atom. The van der Waals surface area contributed by atoms with Gasteiger partial charge in [0, 0.05) is 25.6 Å². The smallest absolute Gasteiger partial charge is 0.321 e. The highest BCUT2D eigenvalue weighted by Gasteiger charge is 2.26. The number of ether oxygens (including phenoxy) is 1. The number of urea groups is 1. The molecule has 0 saturated carbocycles. The van der Waals surface area contributed by atoms with E-state index in [0.717, 1.165) is 6.42 Å². The van der Waals surface area contributed by atoms with E-state index >= 15 is 0 Å². The zero-order valence-corrected chi connectivity index (χ0v) is 13.1. The van der Waals surface area contributed by atoms with Gasteiger partial charge in [0.1, 0.15) is 0 Å². The number of anilines is 1. The molecule has 2 N–H and O–H groups in total. The number of carbonyl (C=O) groups excluding carboxylic acids is 1. The second-order valence-electron chi connectivity index (χ2n) is 5.50. The zero-order chi connectivity index (χ0) is 15.4. The molecule has 1 heterocycles. The number of amides is 2. The molecule has 116 valence electrons. The highest BCUT2D eigenvalue weighted by atomic mass is 35.5. The maximum atomic E-state index is 12.3. The minimum atomic E-state index is -0.193. The summed E-state index contributed by atoms with van der Waals surface area (Å²) in [6.07, 6.45) is 0.792. The third-order valence-electron chi connectivity index (χ3n) is 3.39. The van der Waals surface area contributed by atoms with E-state index in [1.807, 2.05) is 13.8 Å². The Morgan fingerprint density at radius 2 is 2.33 bits per heavy atom. The molecule has 0 aliphatic carbocycles. The molecule has 0 aromatic heterocycles. The third kappa shape index (κ3) is 4.02. The van der Waals surface area contributed by atoms with Crippen LogP contribution in [0.15, 0.2) is 18.2 Å². The predicted octanol–water partition coefficient (Wildman–Crippen LogP) is 2.97. The lowest BCUT2D eigenvalue weighted by atomic mass is 10.1. The van der Waals surface area contributed by atoms with Crippen molar-refractivity contribution in [3.8, 4) is 5.75 Å². The first-order valence-electron chi connectivity index (χ1n) is 7.13. The molecule has 1 fully saturated rings. The minimum absolute atomic E-state index is 0.0360. The molecule has 1 aliphatic rings. The van der Waals surface area contributed by atoms with E-state index in [2.05, 4.69) is 5.32 Å². The van der Waals surface area contributed by atoms with Gasteiger partial charge in [-0.05, 0) is 32.4 Å². The molecule has 6 heteroatoms. The second-order valence-corrected chi connectivity index (χ2v) is 5.90. The molecule has 5 nitrogen and oxygen atoms in total. The Bertz CT molecular complexity index is 508. The number of carbonyl (C=O) groups is 1. The van der Waals surface area contributed by atoms with E-state index in [0.29, 0.717) is 29.5 Å². The normalized spacial score (nSPS) is 18.1. The largest absolute Gasteiger partial charge is 0.487 e. The van der Waals surface area contributed by atoms with Crippen LogP contribution in [0.4, 0.5) is 10.5 Å². The van der Waals surface area contributed by atoms with Crippen molar-refractivity contribution in [2.75, 3.05) is 25.0 Å². The molecule has 1 aromatic rings. The van der Waals surface area contributed by atoms with Crippen LogP contribution in [-0.2, 0) is 0 Å². The topological polar surface area (TPSA) is 61.8 Å². The van der Waals surface area contributed by atoms with Gasteiger partial charge < -0.3 is 20.1 Å². The summed E-state index contributed by atoms with van der Waals surface area (Å²) in [4.78, 5) is 14.0. The molecule has 0 spiro atoms. The number of aliphatic hydroxyl groups is 1. The number of para-hydroxylation sites is 1. The molecule has 0 radical (unpaired) electrons. The Balaban J connectivity index is 2.09. The van der Waals surface area contributed by atoms with E-state index in [4.69, 9.17) is 21.4 Å². The lowest BCUT2D eigenvalue weighted by molar-refractivity contribution is 0.208. The van der Waals surface area contributed by atoms with E-state index in [1.54, 1.807) is 23.1 Å². The Kier molecular flexibility index (Phi) is 5.31. The Morgan fingerprint density at radius 1 is 1.57 bits per heavy atom. The van der Waals surface area contributed by atoms with Gasteiger partial charge in [0.15, 0.2) is 5.75 Å². The van der Waals surface area contributed by atoms with Crippen LogP contribution in [0.3, 0.4) is 0 Å². The number of aliphatic hydroxyl groups excluding tert-OH is 1. The molecule has 1 aromatic carbocycles. The van der Waals surface area contributed by atoms with E-state index in [9.17, 15) is 4.79 Å². The standard InChI is InChI=1S/C15H21ClN2O3/c1-10(2)21-14-12(16)4-3-5-13(14)17-15(20)18-7-6-11(8-18)9-19/h3-5,10-11,19H,6-9H2,1-2H3,(H,17,20). The van der Waals surface area contributed by atoms with Crippen LogP contribution in [0.2, 0.25) is 5.02 Å². The summed E-state index contributed by atoms with van der Waals surface area (Å²) in [6, 6.07) is 5.07. The van der Waals surface area contributed by atoms with Gasteiger partial charge in [-0.1, -0.05) is 17.7 Å². The number of nitrogens with one attached hydrogen (secondary N) is 1. The first kappa shape index (κ1) is 15.9. The number of nitrogens with zero attached hydrogens (tertiary/aromatic N) is 1. The average molecular weight is 313 g/mol. The SMILES string of the molecule is CC(C)Oc1c(Cl)cccc1NC(=O)N1CCC(CO)C1. The van der Waals surface area contributed by atoms with Gasteiger partial charge in [0.2, 0.25) is 0 Å². The highest BCUT2D eigenvalue weighted by molar-refractivity contribution is 6.32. The van der Waals surface area contributed by atoms with E-state index in [1.165, 1.54) is 0 Å². The van der Waals surface area contributed by atoms with Crippen LogP contribution in [0, 0.1) is 5.92 Å². The molecule has 1 aliphatic heterocycles. The van der Waals surface area contributed by atoms with Crippen molar-refractivity contribution in [2.45, 2.75) is 26.4 Å². The summed E-state index contributed by atoms with van der Waals surface area (Å²) in [6.45, 7) is 5.15. The van der Waals surface area contributed by atoms with Crippen LogP contribution in [0.25, 0.3) is 0 Å². The molecule has 1 atom stereocenters. The number of hydrogen-bond donors (Lipinski definition) is 2. The number of hydrogen-bond acceptors (Lipinski definition) is 3. The summed E-state index contributed by atoms with van der Waals surface area (Å²) in [7, 11) is 0. The Hall–Kier alpha value is -1.46. The molecule has 0 bridgehead atoms. The van der Waals surface area contributed by atoms with Crippen LogP contribution in [-0.4, -0.2) is 41.8 Å². The molecule has 21 heavy (non-hydrogen) atoms. The number of likely N-dealkylation sites (tertiary alicyclic amines) is 1. The monoisotopic (exact) mass is 312 g/mol. The molecule has 1 saturated heterocycles. The number of rotatable bonds is 4. The zero-order valence-electron chi connectivity index (χ0n) is 12.3. The Labute approximate surface area is 129 Å². The van der Waals surface area contributed by atoms with Gasteiger partial charge in [0.25, 0.3) is 0 Å². The van der Waals surface area contributed by atoms with Crippen molar-refractivity contribution in [3.05, 3.63) is 23.2 Å². The van der Waals surface area contributed by atoms with Crippen LogP contribution in [0.1, 0.15) is 20.3 Å². The lowest BCUT2D eigenvalue weighted by Crippen LogP contribution is -2.33. The third-order valence-corrected chi connectivity index (χ3v) is 3.69. The van der Waals surface area contributed by atoms with Crippen molar-refractivity contribution in [1.82, 2.24) is 4.90 Å². The maximum absolute atomic E-state index is 12.3. The van der Waals surface area contributed by atoms with Crippen molar-refractivity contribution < 1.29 is 14.6 Å². The number of benzene rings is 1. The summed E-state index contributed by atoms with van der Waals surface area (Å²) in [5.74, 6) is 0.655. The van der Waals surface area contributed by atoms with Crippen LogP contribution in [0.5, 0.6) is 5.75 Å². The summed E-state index contributed by atoms with van der Waals surface area (Å²) in [5, 5.41) is 12.4. The molecule has 2 amide bonds. The van der Waals surface area contributed by atoms with Crippen molar-refractivity contribution in [2.24, 2.45) is 5.92 Å². The summed E-state index contributed by atoms with van der Waals surface area (Å²) in [5.41, 5.74) is 0.564. The fraction of sp³-hybridized carbons (Fsp3) is 0.533. The lowest BCUT2D eigenvalue weighted by Gasteiger charge is -2.20. The maximum Gasteiger partial charge on any atom is 0.321 e. The average Bonchev–Trinajstić information content (AvgIpc) is 2.91. The van der Waals surface area contributed by atoms with E-state index in [-0.39, 0.29) is 24.7 Å². The molecular weight excluding hydrogens is 292 g/mol. The quantitative estimate of drug-likeness (QED) is 0.898. The van der Waals surface area contributed by atoms with Gasteiger partial charge in [-0.2, -0.15) is 0 Å². The second kappa shape index (κ2) is 7.00. The minimum Gasteiger partial charge on any atom is -0.487 e. The van der Waals surface area contributed by atoms with Gasteiger partial charge in [-0.25, -0.2) is 4.79 Å². The molecule has 1 unspecified atom stereocenters. The summed E-state index contributed by atoms with van der Waals surface area (Å²) < 4.78 is 5.68. The van der Waals surface area contributed by atoms with Gasteiger partial charge in [-0.3, -0.25) is 0 Å². The van der Waals surface area contributed by atoms with Crippen molar-refractivity contribution >= 4 is 23.3 Å². The molecule has 2 rings (SSSR count). The highest BCUT2D eigenvalue weighted by Crippen LogP contribution is 2.34. The first-order valence-corrected chi connectivity index (χ1v) is 7.51. The van der Waals surface area contributed by atoms with Gasteiger partial charge in [0.05, 0.1) is 16.8 Å². The fourth-order valence-electron chi connectivity index (χ4n) is 2.32.